The zero-order chi connectivity index (χ0) is 5.54. The second-order valence-electron chi connectivity index (χ2n) is 1.38. The van der Waals surface area contributed by atoms with Crippen molar-refractivity contribution in [1.29, 1.82) is 0 Å². The topological polar surface area (TPSA) is 29.1 Å². The van der Waals surface area contributed by atoms with Crippen molar-refractivity contribution < 1.29 is 4.79 Å². The Morgan fingerprint density at radius 3 is 2.86 bits per heavy atom. The van der Waals surface area contributed by atoms with Crippen LogP contribution in [0.2, 0.25) is 6.04 Å². The largest absolute Gasteiger partial charge is 0.348 e. The molecule has 1 N–H and O–H groups in total. The molecule has 0 saturated carbocycles. The highest BCUT2D eigenvalue weighted by Crippen LogP contribution is 1.76. The SMILES string of the molecule is O=[C]NCCC[SiH3]. The fraction of sp³-hybridized carbons (Fsp3) is 0.750. The summed E-state index contributed by atoms with van der Waals surface area (Å²) in [5, 5.41) is 2.47. The van der Waals surface area contributed by atoms with E-state index >= 15 is 0 Å². The van der Waals surface area contributed by atoms with E-state index in [1.165, 1.54) is 16.3 Å². The van der Waals surface area contributed by atoms with Crippen molar-refractivity contribution in [2.45, 2.75) is 12.5 Å². The molecule has 2 nitrogen and oxygen atoms in total. The van der Waals surface area contributed by atoms with Gasteiger partial charge in [-0.2, -0.15) is 0 Å². The molecule has 0 aliphatic heterocycles. The fourth-order valence-corrected chi connectivity index (χ4v) is 0.670. The molecule has 0 unspecified atom stereocenters. The molecular weight excluding hydrogens is 106 g/mol. The van der Waals surface area contributed by atoms with Crippen molar-refractivity contribution in [3.8, 4) is 0 Å². The predicted molar refractivity (Wildman–Crippen MR) is 33.1 cm³/mol. The summed E-state index contributed by atoms with van der Waals surface area (Å²) in [5.74, 6) is 0. The van der Waals surface area contributed by atoms with Crippen LogP contribution in [0.4, 0.5) is 0 Å². The maximum atomic E-state index is 9.45. The first-order chi connectivity index (χ1) is 3.41. The molecule has 0 aliphatic carbocycles. The second-order valence-corrected chi connectivity index (χ2v) is 2.38. The summed E-state index contributed by atoms with van der Waals surface area (Å²) in [6.07, 6.45) is 2.73. The van der Waals surface area contributed by atoms with Crippen LogP contribution in [0, 0.1) is 0 Å². The van der Waals surface area contributed by atoms with Gasteiger partial charge in [-0.15, -0.1) is 0 Å². The maximum Gasteiger partial charge on any atom is 0.309 e. The molecule has 3 heteroatoms. The third-order valence-corrected chi connectivity index (χ3v) is 1.43. The van der Waals surface area contributed by atoms with Gasteiger partial charge in [0, 0.05) is 16.8 Å². The minimum absolute atomic E-state index is 0.799. The molecule has 0 fully saturated rings. The van der Waals surface area contributed by atoms with Crippen LogP contribution in [-0.4, -0.2) is 23.2 Å². The highest BCUT2D eigenvalue weighted by molar-refractivity contribution is 6.08. The number of nitrogens with one attached hydrogen (secondary N) is 1. The quantitative estimate of drug-likeness (QED) is 0.279. The van der Waals surface area contributed by atoms with E-state index in [9.17, 15) is 4.79 Å². The molecule has 0 aromatic rings. The van der Waals surface area contributed by atoms with Crippen molar-refractivity contribution in [2.75, 3.05) is 6.54 Å². The Hall–Kier alpha value is -0.313. The summed E-state index contributed by atoms with van der Waals surface area (Å²) in [6, 6.07) is 1.26. The van der Waals surface area contributed by atoms with Crippen molar-refractivity contribution in [3.05, 3.63) is 0 Å². The van der Waals surface area contributed by atoms with E-state index in [4.69, 9.17) is 0 Å². The number of amides is 1. The lowest BCUT2D eigenvalue weighted by atomic mass is 10.5. The van der Waals surface area contributed by atoms with Crippen LogP contribution < -0.4 is 5.32 Å². The van der Waals surface area contributed by atoms with Crippen molar-refractivity contribution >= 4 is 16.7 Å². The van der Waals surface area contributed by atoms with Crippen LogP contribution in [0.1, 0.15) is 6.42 Å². The molecule has 0 aromatic heterocycles. The number of hydrogen-bond acceptors (Lipinski definition) is 1. The Bertz CT molecular complexity index is 49.0. The van der Waals surface area contributed by atoms with Crippen LogP contribution in [-0.2, 0) is 4.79 Å². The van der Waals surface area contributed by atoms with Crippen molar-refractivity contribution in [1.82, 2.24) is 5.32 Å². The molecule has 0 aromatic carbocycles. The fourth-order valence-electron chi connectivity index (χ4n) is 0.316. The van der Waals surface area contributed by atoms with Gasteiger partial charge in [0.25, 0.3) is 0 Å². The standard InChI is InChI=1S/C4H10NOSi/c6-4-5-2-1-3-7/h1-3H2,7H3,(H,5,6). The predicted octanol–water partition coefficient (Wildman–Crippen LogP) is -1.18. The second kappa shape index (κ2) is 5.69. The van der Waals surface area contributed by atoms with E-state index in [0.29, 0.717) is 0 Å². The molecule has 1 amide bonds. The molecule has 0 atom stereocenters. The van der Waals surface area contributed by atoms with Crippen molar-refractivity contribution in [3.63, 3.8) is 0 Å². The van der Waals surface area contributed by atoms with E-state index in [1.54, 1.807) is 6.41 Å². The molecule has 0 aliphatic rings. The normalized spacial score (nSPS) is 8.57. The minimum atomic E-state index is 0.799. The summed E-state index contributed by atoms with van der Waals surface area (Å²) in [6.45, 7) is 0.799. The zero-order valence-corrected chi connectivity index (χ0v) is 6.53. The summed E-state index contributed by atoms with van der Waals surface area (Å²) in [7, 11) is 1.24. The summed E-state index contributed by atoms with van der Waals surface area (Å²) >= 11 is 0. The smallest absolute Gasteiger partial charge is 0.309 e. The Morgan fingerprint density at radius 2 is 2.43 bits per heavy atom. The monoisotopic (exact) mass is 116 g/mol. The lowest BCUT2D eigenvalue weighted by Gasteiger charge is -1.89. The van der Waals surface area contributed by atoms with E-state index in [1.807, 2.05) is 0 Å². The third-order valence-electron chi connectivity index (χ3n) is 0.727. The van der Waals surface area contributed by atoms with Gasteiger partial charge < -0.3 is 5.32 Å². The van der Waals surface area contributed by atoms with E-state index in [0.717, 1.165) is 13.0 Å². The number of rotatable bonds is 4. The summed E-state index contributed by atoms with van der Waals surface area (Å²) < 4.78 is 0. The van der Waals surface area contributed by atoms with E-state index < -0.39 is 0 Å². The average Bonchev–Trinajstić information content (AvgIpc) is 1.69. The first-order valence-corrected chi connectivity index (χ1v) is 3.93. The lowest BCUT2D eigenvalue weighted by molar-refractivity contribution is 0.541. The van der Waals surface area contributed by atoms with Gasteiger partial charge in [-0.3, -0.25) is 4.79 Å². The Kier molecular flexibility index (Phi) is 5.43. The van der Waals surface area contributed by atoms with Gasteiger partial charge in [0.2, 0.25) is 0 Å². The maximum absolute atomic E-state index is 9.45. The molecule has 0 saturated heterocycles. The van der Waals surface area contributed by atoms with Gasteiger partial charge in [-0.05, 0) is 6.42 Å². The van der Waals surface area contributed by atoms with Crippen LogP contribution in [0.5, 0.6) is 0 Å². The molecule has 0 spiro atoms. The zero-order valence-electron chi connectivity index (χ0n) is 4.53. The lowest BCUT2D eigenvalue weighted by Crippen LogP contribution is -2.11. The van der Waals surface area contributed by atoms with Gasteiger partial charge >= 0.3 is 6.41 Å². The van der Waals surface area contributed by atoms with Crippen LogP contribution in [0.15, 0.2) is 0 Å². The van der Waals surface area contributed by atoms with Gasteiger partial charge in [0.05, 0.1) is 0 Å². The molecular formula is C4H10NOSi. The van der Waals surface area contributed by atoms with E-state index in [-0.39, 0.29) is 0 Å². The average molecular weight is 116 g/mol. The van der Waals surface area contributed by atoms with Crippen LogP contribution in [0.3, 0.4) is 0 Å². The first kappa shape index (κ1) is 6.69. The molecule has 41 valence electrons. The number of carbonyl (C=O) groups excluding carboxylic acids is 1. The molecule has 0 rings (SSSR count). The van der Waals surface area contributed by atoms with Crippen molar-refractivity contribution in [2.24, 2.45) is 0 Å². The highest BCUT2D eigenvalue weighted by Gasteiger charge is 1.77. The Balaban J connectivity index is 2.56. The molecule has 0 bridgehead atoms. The highest BCUT2D eigenvalue weighted by atomic mass is 28.1. The van der Waals surface area contributed by atoms with Gasteiger partial charge in [-0.25, -0.2) is 0 Å². The van der Waals surface area contributed by atoms with Gasteiger partial charge in [-0.1, -0.05) is 6.04 Å². The summed E-state index contributed by atoms with van der Waals surface area (Å²) in [4.78, 5) is 9.45. The Labute approximate surface area is 46.7 Å². The summed E-state index contributed by atoms with van der Waals surface area (Å²) in [5.41, 5.74) is 0. The third kappa shape index (κ3) is 5.69. The van der Waals surface area contributed by atoms with Crippen LogP contribution >= 0.6 is 0 Å². The van der Waals surface area contributed by atoms with Gasteiger partial charge in [0.15, 0.2) is 0 Å². The Morgan fingerprint density at radius 1 is 1.71 bits per heavy atom. The molecule has 0 heterocycles. The van der Waals surface area contributed by atoms with E-state index in [2.05, 4.69) is 5.32 Å². The molecule has 7 heavy (non-hydrogen) atoms. The first-order valence-electron chi connectivity index (χ1n) is 2.51. The number of hydrogen-bond donors (Lipinski definition) is 1. The minimum Gasteiger partial charge on any atom is -0.348 e. The van der Waals surface area contributed by atoms with Gasteiger partial charge in [0.1, 0.15) is 0 Å². The molecule has 1 radical (unpaired) electrons. The van der Waals surface area contributed by atoms with Crippen LogP contribution in [0.25, 0.3) is 0 Å².